The molecule has 108 valence electrons. The zero-order chi connectivity index (χ0) is 15.4. The number of nitrogens with one attached hydrogen (secondary N) is 1. The number of aromatic nitrogens is 2. The fraction of sp³-hybridized carbons (Fsp3) is 0. The predicted molar refractivity (Wildman–Crippen MR) is 83.5 cm³/mol. The molecule has 0 spiro atoms. The van der Waals surface area contributed by atoms with Crippen molar-refractivity contribution < 1.29 is 9.90 Å². The molecule has 0 saturated heterocycles. The molecule has 5 heteroatoms. The van der Waals surface area contributed by atoms with Crippen LogP contribution in [0.5, 0.6) is 5.75 Å². The smallest absolute Gasteiger partial charge is 0.256 e. The molecule has 0 saturated carbocycles. The number of benzene rings is 1. The highest BCUT2D eigenvalue weighted by atomic mass is 16.3. The maximum Gasteiger partial charge on any atom is 0.256 e. The first-order valence-electron chi connectivity index (χ1n) is 6.70. The highest BCUT2D eigenvalue weighted by Gasteiger charge is 2.07. The number of aromatic hydroxyl groups is 1. The van der Waals surface area contributed by atoms with Crippen molar-refractivity contribution >= 4 is 11.7 Å². The first-order valence-corrected chi connectivity index (χ1v) is 6.70. The van der Waals surface area contributed by atoms with E-state index >= 15 is 0 Å². The minimum atomic E-state index is -0.259. The summed E-state index contributed by atoms with van der Waals surface area (Å²) in [6.07, 6.45) is 3.01. The van der Waals surface area contributed by atoms with E-state index in [1.54, 1.807) is 18.3 Å². The van der Waals surface area contributed by atoms with Gasteiger partial charge in [-0.25, -0.2) is 4.98 Å². The van der Waals surface area contributed by atoms with Crippen LogP contribution >= 0.6 is 0 Å². The summed E-state index contributed by atoms with van der Waals surface area (Å²) in [5, 5.41) is 11.8. The van der Waals surface area contributed by atoms with E-state index in [0.717, 1.165) is 11.3 Å². The Balaban J connectivity index is 1.75. The van der Waals surface area contributed by atoms with Crippen LogP contribution in [0.25, 0.3) is 11.3 Å². The fourth-order valence-electron chi connectivity index (χ4n) is 1.97. The number of nitrogens with zero attached hydrogens (tertiary/aromatic N) is 2. The maximum absolute atomic E-state index is 12.1. The van der Waals surface area contributed by atoms with E-state index in [9.17, 15) is 4.79 Å². The number of amides is 1. The molecule has 1 amide bonds. The first kappa shape index (κ1) is 13.8. The van der Waals surface area contributed by atoms with Crippen LogP contribution in [0.1, 0.15) is 10.4 Å². The third kappa shape index (κ3) is 3.09. The molecule has 0 atom stereocenters. The van der Waals surface area contributed by atoms with Crippen LogP contribution < -0.4 is 5.32 Å². The van der Waals surface area contributed by atoms with Crippen molar-refractivity contribution in [3.63, 3.8) is 0 Å². The van der Waals surface area contributed by atoms with E-state index < -0.39 is 0 Å². The summed E-state index contributed by atoms with van der Waals surface area (Å²) in [6, 6.07) is 15.9. The topological polar surface area (TPSA) is 75.1 Å². The van der Waals surface area contributed by atoms with E-state index in [4.69, 9.17) is 5.11 Å². The second-order valence-corrected chi connectivity index (χ2v) is 4.65. The lowest BCUT2D eigenvalue weighted by molar-refractivity contribution is 0.102. The number of anilines is 1. The Kier molecular flexibility index (Phi) is 3.78. The number of hydrogen-bond donors (Lipinski definition) is 2. The van der Waals surface area contributed by atoms with Crippen LogP contribution in [0.15, 0.2) is 67.0 Å². The molecule has 22 heavy (non-hydrogen) atoms. The van der Waals surface area contributed by atoms with Gasteiger partial charge >= 0.3 is 0 Å². The zero-order valence-electron chi connectivity index (χ0n) is 11.6. The number of hydrogen-bond acceptors (Lipinski definition) is 4. The SMILES string of the molecule is O=C(Nc1ccc(O)cn1)c1ccc(-c2ccccn2)cc1. The van der Waals surface area contributed by atoms with Crippen LogP contribution in [-0.2, 0) is 0 Å². The van der Waals surface area contributed by atoms with Crippen LogP contribution in [0.4, 0.5) is 5.82 Å². The van der Waals surface area contributed by atoms with Crippen molar-refractivity contribution in [3.05, 3.63) is 72.6 Å². The van der Waals surface area contributed by atoms with Gasteiger partial charge in [-0.1, -0.05) is 18.2 Å². The van der Waals surface area contributed by atoms with Crippen molar-refractivity contribution in [1.29, 1.82) is 0 Å². The van der Waals surface area contributed by atoms with Crippen molar-refractivity contribution in [3.8, 4) is 17.0 Å². The third-order valence-corrected chi connectivity index (χ3v) is 3.10. The van der Waals surface area contributed by atoms with Gasteiger partial charge < -0.3 is 10.4 Å². The van der Waals surface area contributed by atoms with Crippen LogP contribution in [0.3, 0.4) is 0 Å². The Morgan fingerprint density at radius 3 is 2.41 bits per heavy atom. The van der Waals surface area contributed by atoms with Gasteiger partial charge in [0, 0.05) is 17.3 Å². The standard InChI is InChI=1S/C17H13N3O2/c21-14-8-9-16(19-11-14)20-17(22)13-6-4-12(5-7-13)15-3-1-2-10-18-15/h1-11,21H,(H,19,20,22). The molecule has 0 aliphatic rings. The molecule has 1 aromatic carbocycles. The molecule has 2 N–H and O–H groups in total. The minimum absolute atomic E-state index is 0.0534. The molecule has 0 bridgehead atoms. The lowest BCUT2D eigenvalue weighted by Gasteiger charge is -2.05. The molecule has 3 aromatic rings. The Bertz CT molecular complexity index is 769. The van der Waals surface area contributed by atoms with Crippen molar-refractivity contribution in [2.45, 2.75) is 0 Å². The molecule has 2 heterocycles. The van der Waals surface area contributed by atoms with Crippen LogP contribution in [0, 0.1) is 0 Å². The molecule has 0 unspecified atom stereocenters. The zero-order valence-corrected chi connectivity index (χ0v) is 11.6. The quantitative estimate of drug-likeness (QED) is 0.777. The van der Waals surface area contributed by atoms with E-state index in [2.05, 4.69) is 15.3 Å². The van der Waals surface area contributed by atoms with Gasteiger partial charge in [0.25, 0.3) is 5.91 Å². The van der Waals surface area contributed by atoms with Gasteiger partial charge in [0.15, 0.2) is 0 Å². The summed E-state index contributed by atoms with van der Waals surface area (Å²) in [5.74, 6) is 0.181. The average molecular weight is 291 g/mol. The summed E-state index contributed by atoms with van der Waals surface area (Å²) in [6.45, 7) is 0. The van der Waals surface area contributed by atoms with Gasteiger partial charge in [0.1, 0.15) is 11.6 Å². The van der Waals surface area contributed by atoms with Crippen molar-refractivity contribution in [2.75, 3.05) is 5.32 Å². The first-order chi connectivity index (χ1) is 10.7. The lowest BCUT2D eigenvalue weighted by atomic mass is 10.1. The number of pyridine rings is 2. The van der Waals surface area contributed by atoms with E-state index in [1.165, 1.54) is 18.3 Å². The monoisotopic (exact) mass is 291 g/mol. The van der Waals surface area contributed by atoms with Crippen LogP contribution in [-0.4, -0.2) is 21.0 Å². The van der Waals surface area contributed by atoms with Gasteiger partial charge in [-0.15, -0.1) is 0 Å². The average Bonchev–Trinajstić information content (AvgIpc) is 2.58. The number of carbonyl (C=O) groups excluding carboxylic acids is 1. The van der Waals surface area contributed by atoms with E-state index in [-0.39, 0.29) is 11.7 Å². The van der Waals surface area contributed by atoms with Gasteiger partial charge in [0.2, 0.25) is 0 Å². The largest absolute Gasteiger partial charge is 0.506 e. The summed E-state index contributed by atoms with van der Waals surface area (Å²) in [7, 11) is 0. The second-order valence-electron chi connectivity index (χ2n) is 4.65. The molecule has 5 nitrogen and oxygen atoms in total. The van der Waals surface area contributed by atoms with Crippen LogP contribution in [0.2, 0.25) is 0 Å². The Hall–Kier alpha value is -3.21. The Morgan fingerprint density at radius 1 is 0.955 bits per heavy atom. The van der Waals surface area contributed by atoms with Crippen molar-refractivity contribution in [2.24, 2.45) is 0 Å². The Labute approximate surface area is 127 Å². The second kappa shape index (κ2) is 6.05. The highest BCUT2D eigenvalue weighted by Crippen LogP contribution is 2.17. The molecule has 3 rings (SSSR count). The summed E-state index contributed by atoms with van der Waals surface area (Å²) in [5.41, 5.74) is 2.32. The summed E-state index contributed by atoms with van der Waals surface area (Å²) in [4.78, 5) is 20.3. The van der Waals surface area contributed by atoms with E-state index in [1.807, 2.05) is 30.3 Å². The number of carbonyl (C=O) groups is 1. The fourth-order valence-corrected chi connectivity index (χ4v) is 1.97. The molecular weight excluding hydrogens is 278 g/mol. The molecule has 2 aromatic heterocycles. The Morgan fingerprint density at radius 2 is 1.77 bits per heavy atom. The minimum Gasteiger partial charge on any atom is -0.506 e. The third-order valence-electron chi connectivity index (χ3n) is 3.10. The molecule has 0 radical (unpaired) electrons. The highest BCUT2D eigenvalue weighted by molar-refractivity contribution is 6.03. The normalized spacial score (nSPS) is 10.2. The number of rotatable bonds is 3. The van der Waals surface area contributed by atoms with Gasteiger partial charge in [-0.05, 0) is 36.4 Å². The van der Waals surface area contributed by atoms with E-state index in [0.29, 0.717) is 11.4 Å². The van der Waals surface area contributed by atoms with Gasteiger partial charge in [-0.2, -0.15) is 0 Å². The molecular formula is C17H13N3O2. The predicted octanol–water partition coefficient (Wildman–Crippen LogP) is 3.10. The molecule has 0 aliphatic carbocycles. The maximum atomic E-state index is 12.1. The van der Waals surface area contributed by atoms with Gasteiger partial charge in [0.05, 0.1) is 11.9 Å². The lowest BCUT2D eigenvalue weighted by Crippen LogP contribution is -2.12. The molecule has 0 aliphatic heterocycles. The summed E-state index contributed by atoms with van der Waals surface area (Å²) >= 11 is 0. The van der Waals surface area contributed by atoms with Crippen molar-refractivity contribution in [1.82, 2.24) is 9.97 Å². The molecule has 0 fully saturated rings. The van der Waals surface area contributed by atoms with Gasteiger partial charge in [-0.3, -0.25) is 9.78 Å². The summed E-state index contributed by atoms with van der Waals surface area (Å²) < 4.78 is 0.